The van der Waals surface area contributed by atoms with Crippen LogP contribution in [0.4, 0.5) is 14.5 Å². The van der Waals surface area contributed by atoms with Crippen molar-refractivity contribution in [3.63, 3.8) is 0 Å². The third-order valence-corrected chi connectivity index (χ3v) is 2.43. The van der Waals surface area contributed by atoms with E-state index in [0.717, 1.165) is 12.1 Å². The van der Waals surface area contributed by atoms with E-state index in [9.17, 15) is 13.6 Å². The van der Waals surface area contributed by atoms with E-state index in [4.69, 9.17) is 0 Å². The third-order valence-electron chi connectivity index (χ3n) is 2.43. The van der Waals surface area contributed by atoms with Gasteiger partial charge in [-0.25, -0.2) is 8.78 Å². The molecule has 2 nitrogen and oxygen atoms in total. The molecule has 0 aromatic heterocycles. The van der Waals surface area contributed by atoms with E-state index in [1.807, 2.05) is 20.8 Å². The van der Waals surface area contributed by atoms with E-state index in [1.54, 1.807) is 4.90 Å². The van der Waals surface area contributed by atoms with Gasteiger partial charge in [-0.05, 0) is 32.9 Å². The highest BCUT2D eigenvalue weighted by atomic mass is 19.1. The number of hydrogen-bond donors (Lipinski definition) is 0. The van der Waals surface area contributed by atoms with Crippen molar-refractivity contribution in [1.82, 2.24) is 0 Å². The van der Waals surface area contributed by atoms with Crippen molar-refractivity contribution in [2.45, 2.75) is 26.8 Å². The summed E-state index contributed by atoms with van der Waals surface area (Å²) in [5.74, 6) is -1.39. The number of carbonyl (C=O) groups is 1. The average Bonchev–Trinajstić information content (AvgIpc) is 2.22. The minimum Gasteiger partial charge on any atom is -0.365 e. The molecule has 0 saturated carbocycles. The lowest BCUT2D eigenvalue weighted by atomic mass is 10.1. The van der Waals surface area contributed by atoms with E-state index in [0.29, 0.717) is 12.8 Å². The van der Waals surface area contributed by atoms with Crippen molar-refractivity contribution in [3.8, 4) is 0 Å². The van der Waals surface area contributed by atoms with Gasteiger partial charge in [0.25, 0.3) is 0 Å². The van der Waals surface area contributed by atoms with Crippen molar-refractivity contribution >= 4 is 12.0 Å². The van der Waals surface area contributed by atoms with E-state index in [-0.39, 0.29) is 17.3 Å². The van der Waals surface area contributed by atoms with Crippen LogP contribution in [0.15, 0.2) is 12.1 Å². The first-order chi connectivity index (χ1) is 7.51. The summed E-state index contributed by atoms with van der Waals surface area (Å²) in [4.78, 5) is 12.1. The molecule has 0 bridgehead atoms. The average molecular weight is 227 g/mol. The smallest absolute Gasteiger partial charge is 0.150 e. The molecule has 0 heterocycles. The number of benzene rings is 1. The number of hydrogen-bond acceptors (Lipinski definition) is 2. The van der Waals surface area contributed by atoms with Crippen LogP contribution in [0.5, 0.6) is 0 Å². The normalized spacial score (nSPS) is 10.6. The summed E-state index contributed by atoms with van der Waals surface area (Å²) < 4.78 is 27.3. The van der Waals surface area contributed by atoms with Crippen LogP contribution in [0.3, 0.4) is 0 Å². The van der Waals surface area contributed by atoms with E-state index in [1.165, 1.54) is 0 Å². The standard InChI is InChI=1S/C12H15F2NO/c1-4-15(8(2)3)12-10(13)5-9(7-16)6-11(12)14/h5-8H,4H2,1-3H3. The number of anilines is 1. The second-order valence-corrected chi connectivity index (χ2v) is 3.83. The summed E-state index contributed by atoms with van der Waals surface area (Å²) in [7, 11) is 0. The molecule has 0 amide bonds. The van der Waals surface area contributed by atoms with Crippen molar-refractivity contribution < 1.29 is 13.6 Å². The largest absolute Gasteiger partial charge is 0.365 e. The van der Waals surface area contributed by atoms with Gasteiger partial charge in [-0.2, -0.15) is 0 Å². The fourth-order valence-corrected chi connectivity index (χ4v) is 1.71. The molecule has 0 aliphatic heterocycles. The Bertz CT molecular complexity index is 368. The fourth-order valence-electron chi connectivity index (χ4n) is 1.71. The van der Waals surface area contributed by atoms with Crippen LogP contribution in [0.25, 0.3) is 0 Å². The van der Waals surface area contributed by atoms with Gasteiger partial charge >= 0.3 is 0 Å². The van der Waals surface area contributed by atoms with Crippen LogP contribution >= 0.6 is 0 Å². The van der Waals surface area contributed by atoms with Crippen molar-refractivity contribution in [2.24, 2.45) is 0 Å². The molecule has 0 aliphatic carbocycles. The Morgan fingerprint density at radius 1 is 1.31 bits per heavy atom. The molecule has 0 fully saturated rings. The molecule has 1 aromatic rings. The zero-order valence-corrected chi connectivity index (χ0v) is 9.63. The first kappa shape index (κ1) is 12.6. The van der Waals surface area contributed by atoms with Gasteiger partial charge < -0.3 is 4.90 Å². The zero-order chi connectivity index (χ0) is 12.3. The summed E-state index contributed by atoms with van der Waals surface area (Å²) in [5, 5.41) is 0. The van der Waals surface area contributed by atoms with Crippen molar-refractivity contribution in [3.05, 3.63) is 29.3 Å². The highest BCUT2D eigenvalue weighted by Crippen LogP contribution is 2.26. The second-order valence-electron chi connectivity index (χ2n) is 3.83. The maximum absolute atomic E-state index is 13.7. The number of carbonyl (C=O) groups excluding carboxylic acids is 1. The fraction of sp³-hybridized carbons (Fsp3) is 0.417. The molecule has 1 aromatic carbocycles. The van der Waals surface area contributed by atoms with E-state index in [2.05, 4.69) is 0 Å². The Morgan fingerprint density at radius 3 is 2.12 bits per heavy atom. The Hall–Kier alpha value is -1.45. The molecule has 0 N–H and O–H groups in total. The molecular weight excluding hydrogens is 212 g/mol. The lowest BCUT2D eigenvalue weighted by Crippen LogP contribution is -2.32. The highest BCUT2D eigenvalue weighted by molar-refractivity contribution is 5.76. The SMILES string of the molecule is CCN(c1c(F)cc(C=O)cc1F)C(C)C. The summed E-state index contributed by atoms with van der Waals surface area (Å²) in [6, 6.07) is 2.10. The summed E-state index contributed by atoms with van der Waals surface area (Å²) in [6.45, 7) is 6.05. The topological polar surface area (TPSA) is 20.3 Å². The van der Waals surface area contributed by atoms with Crippen molar-refractivity contribution in [1.29, 1.82) is 0 Å². The van der Waals surface area contributed by atoms with E-state index < -0.39 is 11.6 Å². The van der Waals surface area contributed by atoms with E-state index >= 15 is 0 Å². The molecule has 16 heavy (non-hydrogen) atoms. The lowest BCUT2D eigenvalue weighted by molar-refractivity contribution is 0.112. The van der Waals surface area contributed by atoms with Gasteiger partial charge in [-0.1, -0.05) is 0 Å². The van der Waals surface area contributed by atoms with Gasteiger partial charge in [0.1, 0.15) is 23.6 Å². The molecule has 0 radical (unpaired) electrons. The molecule has 1 rings (SSSR count). The van der Waals surface area contributed by atoms with Gasteiger partial charge in [0.15, 0.2) is 0 Å². The van der Waals surface area contributed by atoms with Gasteiger partial charge in [-0.15, -0.1) is 0 Å². The molecule has 0 atom stereocenters. The summed E-state index contributed by atoms with van der Waals surface area (Å²) >= 11 is 0. The Kier molecular flexibility index (Phi) is 3.99. The number of rotatable bonds is 4. The zero-order valence-electron chi connectivity index (χ0n) is 9.63. The molecule has 0 unspecified atom stereocenters. The first-order valence-corrected chi connectivity index (χ1v) is 5.22. The Labute approximate surface area is 93.9 Å². The predicted octanol–water partition coefficient (Wildman–Crippen LogP) is 3.01. The molecule has 0 saturated heterocycles. The maximum atomic E-state index is 13.7. The molecule has 88 valence electrons. The van der Waals surface area contributed by atoms with Crippen LogP contribution in [0, 0.1) is 11.6 Å². The van der Waals surface area contributed by atoms with Crippen molar-refractivity contribution in [2.75, 3.05) is 11.4 Å². The van der Waals surface area contributed by atoms with Gasteiger partial charge in [0.05, 0.1) is 0 Å². The van der Waals surface area contributed by atoms with Crippen LogP contribution in [0.2, 0.25) is 0 Å². The summed E-state index contributed by atoms with van der Waals surface area (Å²) in [6.07, 6.45) is 0.432. The van der Waals surface area contributed by atoms with Gasteiger partial charge in [0.2, 0.25) is 0 Å². The van der Waals surface area contributed by atoms with Crippen LogP contribution in [0.1, 0.15) is 31.1 Å². The Morgan fingerprint density at radius 2 is 1.81 bits per heavy atom. The highest BCUT2D eigenvalue weighted by Gasteiger charge is 2.18. The van der Waals surface area contributed by atoms with Gasteiger partial charge in [-0.3, -0.25) is 4.79 Å². The first-order valence-electron chi connectivity index (χ1n) is 5.22. The number of aldehydes is 1. The van der Waals surface area contributed by atoms with Crippen LogP contribution in [-0.2, 0) is 0 Å². The maximum Gasteiger partial charge on any atom is 0.150 e. The molecular formula is C12H15F2NO. The minimum absolute atomic E-state index is 0.00363. The quantitative estimate of drug-likeness (QED) is 0.737. The lowest BCUT2D eigenvalue weighted by Gasteiger charge is -2.28. The third kappa shape index (κ3) is 2.38. The number of nitrogens with zero attached hydrogens (tertiary/aromatic N) is 1. The minimum atomic E-state index is -0.697. The molecule has 0 spiro atoms. The van der Waals surface area contributed by atoms with Crippen LogP contribution in [-0.4, -0.2) is 18.9 Å². The van der Waals surface area contributed by atoms with Crippen LogP contribution < -0.4 is 4.90 Å². The second kappa shape index (κ2) is 5.05. The molecule has 4 heteroatoms. The Balaban J connectivity index is 3.27. The monoisotopic (exact) mass is 227 g/mol. The molecule has 0 aliphatic rings. The summed E-state index contributed by atoms with van der Waals surface area (Å²) in [5.41, 5.74) is -0.0540. The predicted molar refractivity (Wildman–Crippen MR) is 59.9 cm³/mol. The van der Waals surface area contributed by atoms with Gasteiger partial charge in [0, 0.05) is 18.2 Å². The number of halogens is 2.